The normalized spacial score (nSPS) is 18.9. The van der Waals surface area contributed by atoms with E-state index in [1.54, 1.807) is 0 Å². The van der Waals surface area contributed by atoms with E-state index in [1.807, 2.05) is 0 Å². The SMILES string of the molecule is CS(=O)(=O)c1cc(N)cc(C(=O)OCC2CCCO2)c1. The molecule has 110 valence electrons. The zero-order chi connectivity index (χ0) is 14.8. The minimum Gasteiger partial charge on any atom is -0.459 e. The van der Waals surface area contributed by atoms with Gasteiger partial charge in [-0.05, 0) is 31.0 Å². The number of rotatable bonds is 4. The second-order valence-electron chi connectivity index (χ2n) is 4.80. The number of carbonyl (C=O) groups excluding carboxylic acids is 1. The third-order valence-electron chi connectivity index (χ3n) is 3.02. The summed E-state index contributed by atoms with van der Waals surface area (Å²) in [4.78, 5) is 11.9. The van der Waals surface area contributed by atoms with Gasteiger partial charge >= 0.3 is 5.97 Å². The van der Waals surface area contributed by atoms with E-state index < -0.39 is 15.8 Å². The van der Waals surface area contributed by atoms with Crippen molar-refractivity contribution in [1.29, 1.82) is 0 Å². The standard InChI is InChI=1S/C13H17NO5S/c1-20(16,17)12-6-9(5-10(14)7-12)13(15)19-8-11-3-2-4-18-11/h5-7,11H,2-4,8,14H2,1H3. The van der Waals surface area contributed by atoms with E-state index in [-0.39, 0.29) is 28.9 Å². The van der Waals surface area contributed by atoms with Crippen LogP contribution in [0.25, 0.3) is 0 Å². The number of benzene rings is 1. The molecule has 0 aliphatic carbocycles. The maximum atomic E-state index is 11.9. The maximum Gasteiger partial charge on any atom is 0.338 e. The number of hydrogen-bond donors (Lipinski definition) is 1. The maximum absolute atomic E-state index is 11.9. The summed E-state index contributed by atoms with van der Waals surface area (Å²) in [6.07, 6.45) is 2.80. The number of carbonyl (C=O) groups is 1. The van der Waals surface area contributed by atoms with Crippen molar-refractivity contribution in [3.63, 3.8) is 0 Å². The molecule has 0 aromatic heterocycles. The predicted octanol–water partition coefficient (Wildman–Crippen LogP) is 1.01. The van der Waals surface area contributed by atoms with E-state index in [2.05, 4.69) is 0 Å². The average molecular weight is 299 g/mol. The van der Waals surface area contributed by atoms with Crippen LogP contribution in [0, 0.1) is 0 Å². The van der Waals surface area contributed by atoms with Crippen LogP contribution in [0.3, 0.4) is 0 Å². The molecule has 1 aromatic rings. The van der Waals surface area contributed by atoms with E-state index in [0.29, 0.717) is 6.61 Å². The molecule has 20 heavy (non-hydrogen) atoms. The highest BCUT2D eigenvalue weighted by Crippen LogP contribution is 2.18. The Hall–Kier alpha value is -1.60. The van der Waals surface area contributed by atoms with Gasteiger partial charge in [0.25, 0.3) is 0 Å². The molecule has 1 aromatic carbocycles. The minimum atomic E-state index is -3.42. The van der Waals surface area contributed by atoms with Gasteiger partial charge in [0.15, 0.2) is 9.84 Å². The third kappa shape index (κ3) is 3.71. The van der Waals surface area contributed by atoms with Crippen molar-refractivity contribution in [3.05, 3.63) is 23.8 Å². The lowest BCUT2D eigenvalue weighted by atomic mass is 10.2. The van der Waals surface area contributed by atoms with Gasteiger partial charge in [-0.2, -0.15) is 0 Å². The second kappa shape index (κ2) is 5.80. The van der Waals surface area contributed by atoms with Crippen LogP contribution in [0.1, 0.15) is 23.2 Å². The fourth-order valence-electron chi connectivity index (χ4n) is 1.98. The second-order valence-corrected chi connectivity index (χ2v) is 6.81. The summed E-state index contributed by atoms with van der Waals surface area (Å²) in [7, 11) is -3.42. The van der Waals surface area contributed by atoms with E-state index in [1.165, 1.54) is 18.2 Å². The quantitative estimate of drug-likeness (QED) is 0.658. The van der Waals surface area contributed by atoms with Crippen LogP contribution in [0.4, 0.5) is 5.69 Å². The number of hydrogen-bond acceptors (Lipinski definition) is 6. The van der Waals surface area contributed by atoms with Crippen LogP contribution < -0.4 is 5.73 Å². The lowest BCUT2D eigenvalue weighted by Gasteiger charge is -2.11. The molecular weight excluding hydrogens is 282 g/mol. The smallest absolute Gasteiger partial charge is 0.338 e. The van der Waals surface area contributed by atoms with E-state index in [9.17, 15) is 13.2 Å². The Morgan fingerprint density at radius 1 is 1.45 bits per heavy atom. The van der Waals surface area contributed by atoms with Crippen LogP contribution in [-0.4, -0.2) is 40.0 Å². The molecule has 1 aliphatic rings. The Morgan fingerprint density at radius 3 is 2.80 bits per heavy atom. The van der Waals surface area contributed by atoms with E-state index in [4.69, 9.17) is 15.2 Å². The molecule has 0 spiro atoms. The molecule has 0 bridgehead atoms. The lowest BCUT2D eigenvalue weighted by Crippen LogP contribution is -2.18. The van der Waals surface area contributed by atoms with Crippen molar-refractivity contribution in [2.45, 2.75) is 23.8 Å². The largest absolute Gasteiger partial charge is 0.459 e. The molecule has 0 radical (unpaired) electrons. The van der Waals surface area contributed by atoms with Gasteiger partial charge in [0.2, 0.25) is 0 Å². The van der Waals surface area contributed by atoms with Crippen molar-refractivity contribution >= 4 is 21.5 Å². The summed E-state index contributed by atoms with van der Waals surface area (Å²) in [6, 6.07) is 3.97. The summed E-state index contributed by atoms with van der Waals surface area (Å²) in [5, 5.41) is 0. The molecule has 1 heterocycles. The van der Waals surface area contributed by atoms with E-state index >= 15 is 0 Å². The Kier molecular flexibility index (Phi) is 4.29. The first-order valence-corrected chi connectivity index (χ1v) is 8.15. The fourth-order valence-corrected chi connectivity index (χ4v) is 2.67. The molecule has 1 atom stereocenters. The molecule has 1 unspecified atom stereocenters. The monoisotopic (exact) mass is 299 g/mol. The van der Waals surface area contributed by atoms with E-state index in [0.717, 1.165) is 19.1 Å². The van der Waals surface area contributed by atoms with Crippen LogP contribution in [0.5, 0.6) is 0 Å². The number of ether oxygens (including phenoxy) is 2. The summed E-state index contributed by atoms with van der Waals surface area (Å²) >= 11 is 0. The Labute approximate surface area is 117 Å². The number of anilines is 1. The summed E-state index contributed by atoms with van der Waals surface area (Å²) in [5.41, 5.74) is 5.95. The van der Waals surface area contributed by atoms with Crippen molar-refractivity contribution in [2.24, 2.45) is 0 Å². The topological polar surface area (TPSA) is 95.7 Å². The summed E-state index contributed by atoms with van der Waals surface area (Å²) in [5.74, 6) is -0.599. The van der Waals surface area contributed by atoms with Gasteiger partial charge in [0, 0.05) is 18.6 Å². The van der Waals surface area contributed by atoms with Gasteiger partial charge in [0.05, 0.1) is 16.6 Å². The van der Waals surface area contributed by atoms with Crippen molar-refractivity contribution in [3.8, 4) is 0 Å². The highest BCUT2D eigenvalue weighted by atomic mass is 32.2. The highest BCUT2D eigenvalue weighted by molar-refractivity contribution is 7.90. The molecule has 1 fully saturated rings. The third-order valence-corrected chi connectivity index (χ3v) is 4.11. The Bertz CT molecular complexity index is 605. The molecule has 7 heteroatoms. The molecule has 1 saturated heterocycles. The fraction of sp³-hybridized carbons (Fsp3) is 0.462. The van der Waals surface area contributed by atoms with Gasteiger partial charge < -0.3 is 15.2 Å². The average Bonchev–Trinajstić information content (AvgIpc) is 2.87. The number of nitrogens with two attached hydrogens (primary N) is 1. The molecule has 2 rings (SSSR count). The minimum absolute atomic E-state index is 0.00145. The first-order valence-electron chi connectivity index (χ1n) is 6.25. The summed E-state index contributed by atoms with van der Waals surface area (Å²) in [6.45, 7) is 0.848. The van der Waals surface area contributed by atoms with Gasteiger partial charge in [-0.1, -0.05) is 0 Å². The molecule has 0 amide bonds. The zero-order valence-electron chi connectivity index (χ0n) is 11.2. The van der Waals surface area contributed by atoms with Crippen LogP contribution in [-0.2, 0) is 19.3 Å². The predicted molar refractivity (Wildman–Crippen MR) is 73.2 cm³/mol. The summed E-state index contributed by atoms with van der Waals surface area (Å²) < 4.78 is 33.5. The molecule has 2 N–H and O–H groups in total. The van der Waals surface area contributed by atoms with Gasteiger partial charge in [-0.25, -0.2) is 13.2 Å². The number of nitrogen functional groups attached to an aromatic ring is 1. The molecule has 6 nitrogen and oxygen atoms in total. The first-order chi connectivity index (χ1) is 9.36. The van der Waals surface area contributed by atoms with Gasteiger partial charge in [-0.15, -0.1) is 0 Å². The van der Waals surface area contributed by atoms with Crippen LogP contribution >= 0.6 is 0 Å². The van der Waals surface area contributed by atoms with Crippen molar-refractivity contribution in [2.75, 3.05) is 25.2 Å². The van der Waals surface area contributed by atoms with Crippen LogP contribution in [0.2, 0.25) is 0 Å². The van der Waals surface area contributed by atoms with Crippen molar-refractivity contribution < 1.29 is 22.7 Å². The van der Waals surface area contributed by atoms with Crippen LogP contribution in [0.15, 0.2) is 23.1 Å². The van der Waals surface area contributed by atoms with Gasteiger partial charge in [-0.3, -0.25) is 0 Å². The Morgan fingerprint density at radius 2 is 2.20 bits per heavy atom. The first kappa shape index (κ1) is 14.8. The zero-order valence-corrected chi connectivity index (χ0v) is 12.0. The van der Waals surface area contributed by atoms with Gasteiger partial charge in [0.1, 0.15) is 6.61 Å². The highest BCUT2D eigenvalue weighted by Gasteiger charge is 2.19. The molecule has 0 saturated carbocycles. The lowest BCUT2D eigenvalue weighted by molar-refractivity contribution is 0.0161. The number of sulfone groups is 1. The number of esters is 1. The molecular formula is C13H17NO5S. The Balaban J connectivity index is 2.11. The van der Waals surface area contributed by atoms with Crippen molar-refractivity contribution in [1.82, 2.24) is 0 Å². The molecule has 1 aliphatic heterocycles.